The van der Waals surface area contributed by atoms with Crippen molar-refractivity contribution >= 4 is 10.0 Å². The summed E-state index contributed by atoms with van der Waals surface area (Å²) in [5, 5.41) is 3.57. The summed E-state index contributed by atoms with van der Waals surface area (Å²) in [4.78, 5) is 0. The molecule has 0 amide bonds. The van der Waals surface area contributed by atoms with Crippen LogP contribution in [0.1, 0.15) is 46.5 Å². The predicted octanol–water partition coefficient (Wildman–Crippen LogP) is 1.84. The van der Waals surface area contributed by atoms with Crippen LogP contribution in [0.25, 0.3) is 0 Å². The van der Waals surface area contributed by atoms with E-state index in [0.29, 0.717) is 19.0 Å². The molecule has 21 heavy (non-hydrogen) atoms. The van der Waals surface area contributed by atoms with Gasteiger partial charge >= 0.3 is 0 Å². The minimum atomic E-state index is -3.07. The van der Waals surface area contributed by atoms with E-state index >= 15 is 0 Å². The smallest absolute Gasteiger partial charge is 0.211 e. The highest BCUT2D eigenvalue weighted by atomic mass is 32.2. The standard InChI is InChI=1S/C15H32N2O3S/c1-6-9-16-14(15(2,3)20-4)11-13-8-7-10-17(12-13)21(5,18)19/h13-14,16H,6-12H2,1-5H3. The topological polar surface area (TPSA) is 58.6 Å². The van der Waals surface area contributed by atoms with Gasteiger partial charge in [0, 0.05) is 26.2 Å². The van der Waals surface area contributed by atoms with Crippen molar-refractivity contribution in [3.63, 3.8) is 0 Å². The minimum absolute atomic E-state index is 0.243. The fourth-order valence-corrected chi connectivity index (χ4v) is 3.87. The Labute approximate surface area is 130 Å². The van der Waals surface area contributed by atoms with E-state index in [0.717, 1.165) is 32.2 Å². The first-order valence-corrected chi connectivity index (χ1v) is 9.79. The molecule has 0 radical (unpaired) electrons. The van der Waals surface area contributed by atoms with E-state index in [4.69, 9.17) is 4.74 Å². The van der Waals surface area contributed by atoms with Crippen molar-refractivity contribution < 1.29 is 13.2 Å². The van der Waals surface area contributed by atoms with Crippen molar-refractivity contribution in [1.82, 2.24) is 9.62 Å². The number of sulfonamides is 1. The number of nitrogens with one attached hydrogen (secondary N) is 1. The first-order chi connectivity index (χ1) is 9.70. The Morgan fingerprint density at radius 2 is 2.10 bits per heavy atom. The van der Waals surface area contributed by atoms with Crippen molar-refractivity contribution in [3.8, 4) is 0 Å². The van der Waals surface area contributed by atoms with Crippen LogP contribution in [-0.4, -0.2) is 57.4 Å². The molecule has 126 valence electrons. The van der Waals surface area contributed by atoms with E-state index in [-0.39, 0.29) is 11.6 Å². The lowest BCUT2D eigenvalue weighted by molar-refractivity contribution is -0.0187. The molecular formula is C15H32N2O3S. The maximum Gasteiger partial charge on any atom is 0.211 e. The van der Waals surface area contributed by atoms with Gasteiger partial charge in [-0.05, 0) is 52.0 Å². The number of hydrogen-bond acceptors (Lipinski definition) is 4. The average Bonchev–Trinajstić information content (AvgIpc) is 2.42. The summed E-state index contributed by atoms with van der Waals surface area (Å²) in [5.41, 5.74) is -0.247. The number of ether oxygens (including phenoxy) is 1. The molecule has 2 unspecified atom stereocenters. The van der Waals surface area contributed by atoms with Gasteiger partial charge in [-0.1, -0.05) is 6.92 Å². The first-order valence-electron chi connectivity index (χ1n) is 7.94. The Balaban J connectivity index is 2.69. The molecule has 1 aliphatic rings. The number of rotatable bonds is 8. The van der Waals surface area contributed by atoms with Crippen LogP contribution in [0.4, 0.5) is 0 Å². The zero-order chi connectivity index (χ0) is 16.1. The van der Waals surface area contributed by atoms with Crippen LogP contribution in [-0.2, 0) is 14.8 Å². The van der Waals surface area contributed by atoms with Gasteiger partial charge in [-0.2, -0.15) is 0 Å². The molecule has 1 rings (SSSR count). The van der Waals surface area contributed by atoms with E-state index in [9.17, 15) is 8.42 Å². The maximum absolute atomic E-state index is 11.7. The fourth-order valence-electron chi connectivity index (χ4n) is 2.93. The molecule has 2 atom stereocenters. The van der Waals surface area contributed by atoms with Gasteiger partial charge in [-0.15, -0.1) is 0 Å². The molecule has 5 nitrogen and oxygen atoms in total. The van der Waals surface area contributed by atoms with Crippen LogP contribution < -0.4 is 5.32 Å². The van der Waals surface area contributed by atoms with Crippen molar-refractivity contribution in [1.29, 1.82) is 0 Å². The lowest BCUT2D eigenvalue weighted by atomic mass is 9.85. The van der Waals surface area contributed by atoms with Gasteiger partial charge in [0.1, 0.15) is 0 Å². The summed E-state index contributed by atoms with van der Waals surface area (Å²) in [6.07, 6.45) is 5.38. The van der Waals surface area contributed by atoms with Crippen molar-refractivity contribution in [2.75, 3.05) is 33.0 Å². The second-order valence-corrected chi connectivity index (χ2v) is 8.66. The lowest BCUT2D eigenvalue weighted by Crippen LogP contribution is -2.51. The molecule has 6 heteroatoms. The number of nitrogens with zero attached hydrogens (tertiary/aromatic N) is 1. The van der Waals surface area contributed by atoms with E-state index in [1.54, 1.807) is 11.4 Å². The molecule has 0 aromatic rings. The quantitative estimate of drug-likeness (QED) is 0.741. The minimum Gasteiger partial charge on any atom is -0.377 e. The van der Waals surface area contributed by atoms with Gasteiger partial charge in [0.25, 0.3) is 0 Å². The Morgan fingerprint density at radius 1 is 1.43 bits per heavy atom. The Kier molecular flexibility index (Phi) is 7.10. The monoisotopic (exact) mass is 320 g/mol. The summed E-state index contributed by atoms with van der Waals surface area (Å²) in [6.45, 7) is 8.60. The Bertz CT molecular complexity index is 409. The molecule has 0 bridgehead atoms. The predicted molar refractivity (Wildman–Crippen MR) is 86.9 cm³/mol. The molecule has 0 spiro atoms. The zero-order valence-electron chi connectivity index (χ0n) is 14.2. The summed E-state index contributed by atoms with van der Waals surface area (Å²) in [7, 11) is -1.33. The summed E-state index contributed by atoms with van der Waals surface area (Å²) in [5.74, 6) is 0.400. The van der Waals surface area contributed by atoms with E-state index < -0.39 is 10.0 Å². The first kappa shape index (κ1) is 18.9. The Hall–Kier alpha value is -0.170. The van der Waals surface area contributed by atoms with Crippen LogP contribution in [0.2, 0.25) is 0 Å². The third-order valence-corrected chi connectivity index (χ3v) is 5.80. The van der Waals surface area contributed by atoms with Crippen molar-refractivity contribution in [2.45, 2.75) is 58.1 Å². The number of methoxy groups -OCH3 is 1. The maximum atomic E-state index is 11.7. The molecule has 1 aliphatic heterocycles. The second kappa shape index (κ2) is 7.90. The largest absolute Gasteiger partial charge is 0.377 e. The second-order valence-electron chi connectivity index (χ2n) is 6.68. The van der Waals surface area contributed by atoms with Gasteiger partial charge in [-0.3, -0.25) is 0 Å². The molecule has 1 saturated heterocycles. The SMILES string of the molecule is CCCNC(CC1CCCN(S(C)(=O)=O)C1)C(C)(C)OC. The highest BCUT2D eigenvalue weighted by molar-refractivity contribution is 7.88. The highest BCUT2D eigenvalue weighted by Crippen LogP contribution is 2.27. The normalized spacial score (nSPS) is 23.2. The summed E-state index contributed by atoms with van der Waals surface area (Å²) < 4.78 is 30.7. The van der Waals surface area contributed by atoms with E-state index in [2.05, 4.69) is 26.1 Å². The van der Waals surface area contributed by atoms with Crippen LogP contribution in [0.3, 0.4) is 0 Å². The van der Waals surface area contributed by atoms with Crippen LogP contribution in [0.15, 0.2) is 0 Å². The molecular weight excluding hydrogens is 288 g/mol. The van der Waals surface area contributed by atoms with Gasteiger partial charge in [0.05, 0.1) is 11.9 Å². The van der Waals surface area contributed by atoms with Gasteiger partial charge in [0.15, 0.2) is 0 Å². The van der Waals surface area contributed by atoms with E-state index in [1.165, 1.54) is 6.26 Å². The summed E-state index contributed by atoms with van der Waals surface area (Å²) in [6, 6.07) is 0.243. The third-order valence-electron chi connectivity index (χ3n) is 4.53. The molecule has 0 saturated carbocycles. The molecule has 1 N–H and O–H groups in total. The van der Waals surface area contributed by atoms with Crippen molar-refractivity contribution in [3.05, 3.63) is 0 Å². The van der Waals surface area contributed by atoms with E-state index in [1.807, 2.05) is 0 Å². The molecule has 0 aromatic heterocycles. The number of piperidine rings is 1. The molecule has 0 aromatic carbocycles. The molecule has 1 fully saturated rings. The Morgan fingerprint density at radius 3 is 2.62 bits per heavy atom. The van der Waals surface area contributed by atoms with Gasteiger partial charge in [0.2, 0.25) is 10.0 Å². The fraction of sp³-hybridized carbons (Fsp3) is 1.00. The van der Waals surface area contributed by atoms with Gasteiger partial charge < -0.3 is 10.1 Å². The lowest BCUT2D eigenvalue weighted by Gasteiger charge is -2.39. The number of hydrogen-bond donors (Lipinski definition) is 1. The third kappa shape index (κ3) is 5.85. The van der Waals surface area contributed by atoms with Crippen LogP contribution >= 0.6 is 0 Å². The molecule has 0 aliphatic carbocycles. The van der Waals surface area contributed by atoms with Crippen LogP contribution in [0.5, 0.6) is 0 Å². The average molecular weight is 320 g/mol. The van der Waals surface area contributed by atoms with Gasteiger partial charge in [-0.25, -0.2) is 12.7 Å². The summed E-state index contributed by atoms with van der Waals surface area (Å²) >= 11 is 0. The zero-order valence-corrected chi connectivity index (χ0v) is 15.0. The highest BCUT2D eigenvalue weighted by Gasteiger charge is 2.33. The molecule has 1 heterocycles. The van der Waals surface area contributed by atoms with Crippen molar-refractivity contribution in [2.24, 2.45) is 5.92 Å². The van der Waals surface area contributed by atoms with Crippen LogP contribution in [0, 0.1) is 5.92 Å².